The molecule has 0 spiro atoms. The minimum absolute atomic E-state index is 0.383. The van der Waals surface area contributed by atoms with E-state index >= 15 is 0 Å². The first-order valence-corrected chi connectivity index (χ1v) is 9.39. The van der Waals surface area contributed by atoms with Crippen LogP contribution in [0.3, 0.4) is 0 Å². The van der Waals surface area contributed by atoms with Crippen molar-refractivity contribution in [3.05, 3.63) is 60.8 Å². The molecule has 0 saturated heterocycles. The van der Waals surface area contributed by atoms with Crippen LogP contribution in [0.5, 0.6) is 11.5 Å². The molecule has 2 heterocycles. The first-order valence-electron chi connectivity index (χ1n) is 8.24. The molecule has 4 aromatic rings. The van der Waals surface area contributed by atoms with Crippen molar-refractivity contribution in [3.63, 3.8) is 0 Å². The smallest absolute Gasteiger partial charge is 0.327 e. The summed E-state index contributed by atoms with van der Waals surface area (Å²) >= 11 is -1.54. The summed E-state index contributed by atoms with van der Waals surface area (Å²) in [7, 11) is 3.17. The van der Waals surface area contributed by atoms with E-state index in [0.717, 1.165) is 16.6 Å². The molecule has 6 nitrogen and oxygen atoms in total. The van der Waals surface area contributed by atoms with Crippen LogP contribution >= 0.6 is 0 Å². The van der Waals surface area contributed by atoms with Gasteiger partial charge in [0.2, 0.25) is 0 Å². The zero-order chi connectivity index (χ0) is 18.8. The highest BCUT2D eigenvalue weighted by atomic mass is 32.2. The lowest BCUT2D eigenvalue weighted by Gasteiger charge is -2.13. The molecule has 2 aromatic carbocycles. The molecule has 7 heteroatoms. The number of para-hydroxylation sites is 2. The third kappa shape index (κ3) is 3.34. The molecular weight excluding hydrogens is 362 g/mol. The van der Waals surface area contributed by atoms with Crippen molar-refractivity contribution in [2.45, 2.75) is 10.1 Å². The van der Waals surface area contributed by atoms with Crippen LogP contribution in [0.25, 0.3) is 22.3 Å². The van der Waals surface area contributed by atoms with Gasteiger partial charge in [0.25, 0.3) is 0 Å². The number of fused-ring (bicyclic) bond motifs is 1. The number of hydrogen-bond donors (Lipinski definition) is 1. The monoisotopic (exact) mass is 379 g/mol. The first-order chi connectivity index (χ1) is 13.2. The summed E-state index contributed by atoms with van der Waals surface area (Å²) in [5.74, 6) is 1.29. The number of hydrogen-bond acceptors (Lipinski definition) is 5. The Labute approximate surface area is 159 Å². The van der Waals surface area contributed by atoms with E-state index in [1.807, 2.05) is 36.4 Å². The largest absolute Gasteiger partial charge is 0.604 e. The number of rotatable bonds is 5. The molecule has 1 atom stereocenters. The average molecular weight is 379 g/mol. The second-order valence-corrected chi connectivity index (χ2v) is 7.13. The quantitative estimate of drug-likeness (QED) is 0.533. The lowest BCUT2D eigenvalue weighted by Crippen LogP contribution is -2.07. The van der Waals surface area contributed by atoms with Gasteiger partial charge in [0.1, 0.15) is 11.5 Å². The molecular formula is C20H17N3O3S. The third-order valence-corrected chi connectivity index (χ3v) is 5.46. The number of nitrogens with one attached hydrogen (secondary N) is 1. The maximum absolute atomic E-state index is 13.3. The summed E-state index contributed by atoms with van der Waals surface area (Å²) in [6.45, 7) is 0. The first kappa shape index (κ1) is 17.4. The molecule has 0 bridgehead atoms. The van der Waals surface area contributed by atoms with E-state index in [1.165, 1.54) is 0 Å². The Morgan fingerprint density at radius 1 is 0.963 bits per heavy atom. The van der Waals surface area contributed by atoms with E-state index < -0.39 is 11.2 Å². The fraction of sp³-hybridized carbons (Fsp3) is 0.100. The van der Waals surface area contributed by atoms with Crippen LogP contribution in [-0.2, 0) is 11.2 Å². The normalized spacial score (nSPS) is 12.1. The molecule has 27 heavy (non-hydrogen) atoms. The Hall–Kier alpha value is -3.03. The molecule has 0 aliphatic heterocycles. The Kier molecular flexibility index (Phi) is 4.70. The van der Waals surface area contributed by atoms with Gasteiger partial charge >= 0.3 is 5.16 Å². The standard InChI is InChI=1S/C20H17N3O3S/c1-25-13-7-8-15(18-11-14(26-2)9-10-21-18)19(12-13)27(24)20-22-16-5-3-4-6-17(16)23-20/h3-12H,1-2H3,(H,22,23). The fourth-order valence-electron chi connectivity index (χ4n) is 2.80. The number of ether oxygens (including phenoxy) is 2. The van der Waals surface area contributed by atoms with Gasteiger partial charge in [-0.1, -0.05) is 12.1 Å². The number of pyridine rings is 1. The van der Waals surface area contributed by atoms with Crippen LogP contribution in [0.15, 0.2) is 70.8 Å². The highest BCUT2D eigenvalue weighted by molar-refractivity contribution is 7.91. The van der Waals surface area contributed by atoms with Crippen molar-refractivity contribution >= 4 is 22.2 Å². The Morgan fingerprint density at radius 2 is 1.74 bits per heavy atom. The summed E-state index contributed by atoms with van der Waals surface area (Å²) in [4.78, 5) is 12.6. The topological polar surface area (TPSA) is 83.1 Å². The van der Waals surface area contributed by atoms with Gasteiger partial charge in [-0.3, -0.25) is 9.97 Å². The minimum atomic E-state index is -1.54. The molecule has 2 aromatic heterocycles. The summed E-state index contributed by atoms with van der Waals surface area (Å²) in [6.07, 6.45) is 1.66. The zero-order valence-electron chi connectivity index (χ0n) is 14.8. The van der Waals surface area contributed by atoms with Gasteiger partial charge < -0.3 is 14.0 Å². The van der Waals surface area contributed by atoms with E-state index in [4.69, 9.17) is 9.47 Å². The highest BCUT2D eigenvalue weighted by Gasteiger charge is 2.25. The Balaban J connectivity index is 1.84. The van der Waals surface area contributed by atoms with Crippen molar-refractivity contribution in [2.75, 3.05) is 14.2 Å². The molecule has 4 rings (SSSR count). The van der Waals surface area contributed by atoms with E-state index in [2.05, 4.69) is 15.0 Å². The number of benzene rings is 2. The summed E-state index contributed by atoms with van der Waals surface area (Å²) in [5.41, 5.74) is 3.00. The minimum Gasteiger partial charge on any atom is -0.604 e. The molecule has 0 fully saturated rings. The van der Waals surface area contributed by atoms with Gasteiger partial charge in [-0.05, 0) is 30.3 Å². The van der Waals surface area contributed by atoms with Gasteiger partial charge in [-0.2, -0.15) is 4.98 Å². The second kappa shape index (κ2) is 7.30. The second-order valence-electron chi connectivity index (χ2n) is 5.77. The van der Waals surface area contributed by atoms with Gasteiger partial charge in [-0.25, -0.2) is 0 Å². The van der Waals surface area contributed by atoms with Crippen molar-refractivity contribution in [2.24, 2.45) is 0 Å². The molecule has 1 unspecified atom stereocenters. The Bertz CT molecular complexity index is 1060. The van der Waals surface area contributed by atoms with Gasteiger partial charge in [0, 0.05) is 18.3 Å². The third-order valence-electron chi connectivity index (χ3n) is 4.17. The lowest BCUT2D eigenvalue weighted by molar-refractivity contribution is 0.413. The Morgan fingerprint density at radius 3 is 2.52 bits per heavy atom. The van der Waals surface area contributed by atoms with Gasteiger partial charge in [0.05, 0.1) is 47.7 Å². The summed E-state index contributed by atoms with van der Waals surface area (Å²) < 4.78 is 23.9. The van der Waals surface area contributed by atoms with Crippen molar-refractivity contribution in [3.8, 4) is 22.8 Å². The van der Waals surface area contributed by atoms with Crippen molar-refractivity contribution in [1.29, 1.82) is 0 Å². The molecule has 0 amide bonds. The number of H-pyrrole nitrogens is 1. The predicted molar refractivity (Wildman–Crippen MR) is 104 cm³/mol. The van der Waals surface area contributed by atoms with Crippen LogP contribution in [0.1, 0.15) is 0 Å². The number of aromatic amines is 1. The zero-order valence-corrected chi connectivity index (χ0v) is 15.6. The summed E-state index contributed by atoms with van der Waals surface area (Å²) in [6, 6.07) is 16.6. The molecule has 0 saturated carbocycles. The fourth-order valence-corrected chi connectivity index (χ4v) is 3.99. The van der Waals surface area contributed by atoms with E-state index in [1.54, 1.807) is 38.6 Å². The van der Waals surface area contributed by atoms with Crippen LogP contribution in [0, 0.1) is 0 Å². The number of methoxy groups -OCH3 is 2. The molecule has 136 valence electrons. The molecule has 0 aliphatic rings. The van der Waals surface area contributed by atoms with Crippen LogP contribution in [0.4, 0.5) is 0 Å². The van der Waals surface area contributed by atoms with Gasteiger partial charge in [0.15, 0.2) is 4.90 Å². The van der Waals surface area contributed by atoms with Crippen molar-refractivity contribution < 1.29 is 14.0 Å². The van der Waals surface area contributed by atoms with Crippen LogP contribution in [-0.4, -0.2) is 33.7 Å². The molecule has 0 radical (unpaired) electrons. The maximum Gasteiger partial charge on any atom is 0.327 e. The van der Waals surface area contributed by atoms with E-state index in [0.29, 0.717) is 27.2 Å². The predicted octanol–water partition coefficient (Wildman–Crippen LogP) is 3.81. The average Bonchev–Trinajstić information content (AvgIpc) is 3.17. The number of nitrogens with zero attached hydrogens (tertiary/aromatic N) is 2. The molecule has 1 N–H and O–H groups in total. The number of aromatic nitrogens is 3. The van der Waals surface area contributed by atoms with E-state index in [9.17, 15) is 4.55 Å². The maximum atomic E-state index is 13.3. The number of imidazole rings is 1. The lowest BCUT2D eigenvalue weighted by atomic mass is 10.1. The van der Waals surface area contributed by atoms with Crippen LogP contribution in [0.2, 0.25) is 0 Å². The SMILES string of the molecule is COc1ccnc(-c2ccc(OC)cc2[S+]([O-])c2nc3ccccc3[nH]2)c1. The van der Waals surface area contributed by atoms with Crippen molar-refractivity contribution in [1.82, 2.24) is 15.0 Å². The van der Waals surface area contributed by atoms with Gasteiger partial charge in [-0.15, -0.1) is 0 Å². The summed E-state index contributed by atoms with van der Waals surface area (Å²) in [5, 5.41) is 0.383. The van der Waals surface area contributed by atoms with E-state index in [-0.39, 0.29) is 0 Å². The molecule has 0 aliphatic carbocycles. The highest BCUT2D eigenvalue weighted by Crippen LogP contribution is 2.34. The van der Waals surface area contributed by atoms with Crippen LogP contribution < -0.4 is 9.47 Å².